The van der Waals surface area contributed by atoms with E-state index in [9.17, 15) is 22.8 Å². The van der Waals surface area contributed by atoms with E-state index in [0.29, 0.717) is 29.4 Å². The number of carbonyl (C=O) groups excluding carboxylic acids is 2. The third kappa shape index (κ3) is 6.94. The number of hydrogen-bond donors (Lipinski definition) is 1. The molecule has 30 heavy (non-hydrogen) atoms. The number of alkyl halides is 3. The molecule has 1 aromatic heterocycles. The number of nitrogens with zero attached hydrogens (tertiary/aromatic N) is 2. The smallest absolute Gasteiger partial charge is 0.417 e. The Morgan fingerprint density at radius 1 is 1.20 bits per heavy atom. The molecule has 2 amide bonds. The Kier molecular flexibility index (Phi) is 8.52. The zero-order valence-corrected chi connectivity index (χ0v) is 17.3. The molecule has 0 atom stereocenters. The number of hydrogen-bond acceptors (Lipinski definition) is 5. The van der Waals surface area contributed by atoms with Crippen LogP contribution in [0.3, 0.4) is 0 Å². The molecule has 0 saturated heterocycles. The average molecular weight is 441 g/mol. The molecule has 162 valence electrons. The number of aromatic nitrogens is 1. The molecule has 0 saturated carbocycles. The number of para-hydroxylation sites is 2. The van der Waals surface area contributed by atoms with Crippen LogP contribution in [0.15, 0.2) is 47.6 Å². The molecule has 0 bridgehead atoms. The first kappa shape index (κ1) is 23.5. The second kappa shape index (κ2) is 10.9. The van der Waals surface area contributed by atoms with Crippen LogP contribution in [-0.2, 0) is 15.8 Å². The second-order valence-corrected chi connectivity index (χ2v) is 7.23. The summed E-state index contributed by atoms with van der Waals surface area (Å²) in [5.41, 5.74) is -0.351. The number of rotatable bonds is 9. The Balaban J connectivity index is 1.94. The van der Waals surface area contributed by atoms with Gasteiger partial charge in [0.2, 0.25) is 11.8 Å². The first-order valence-electron chi connectivity index (χ1n) is 9.11. The lowest BCUT2D eigenvalue weighted by Crippen LogP contribution is -2.39. The van der Waals surface area contributed by atoms with Crippen molar-refractivity contribution in [3.63, 3.8) is 0 Å². The molecule has 0 fully saturated rings. The van der Waals surface area contributed by atoms with Crippen LogP contribution < -0.4 is 10.1 Å². The molecule has 1 aromatic carbocycles. The SMILES string of the molecule is CCCN(CC(=O)Nc1ccccc1OC)C(=O)CSc1ccc(C(F)(F)F)cn1. The van der Waals surface area contributed by atoms with Crippen LogP contribution in [-0.4, -0.2) is 47.7 Å². The molecular formula is C20H22F3N3O3S. The normalized spacial score (nSPS) is 11.1. The number of anilines is 1. The van der Waals surface area contributed by atoms with Crippen LogP contribution in [0.1, 0.15) is 18.9 Å². The molecule has 0 aliphatic rings. The van der Waals surface area contributed by atoms with Crippen molar-refractivity contribution in [3.8, 4) is 5.75 Å². The van der Waals surface area contributed by atoms with Crippen molar-refractivity contribution in [1.29, 1.82) is 0 Å². The highest BCUT2D eigenvalue weighted by Crippen LogP contribution is 2.29. The first-order valence-corrected chi connectivity index (χ1v) is 10.1. The first-order chi connectivity index (χ1) is 14.2. The number of nitrogens with one attached hydrogen (secondary N) is 1. The van der Waals surface area contributed by atoms with E-state index in [4.69, 9.17) is 4.74 Å². The van der Waals surface area contributed by atoms with E-state index in [0.717, 1.165) is 24.0 Å². The number of benzene rings is 1. The van der Waals surface area contributed by atoms with Crippen LogP contribution in [0.5, 0.6) is 5.75 Å². The van der Waals surface area contributed by atoms with Crippen LogP contribution >= 0.6 is 11.8 Å². The van der Waals surface area contributed by atoms with Crippen LogP contribution in [0, 0.1) is 0 Å². The Morgan fingerprint density at radius 3 is 2.53 bits per heavy atom. The van der Waals surface area contributed by atoms with Crippen molar-refractivity contribution in [2.45, 2.75) is 24.5 Å². The van der Waals surface area contributed by atoms with E-state index >= 15 is 0 Å². The molecule has 0 spiro atoms. The molecule has 6 nitrogen and oxygen atoms in total. The van der Waals surface area contributed by atoms with Crippen molar-refractivity contribution >= 4 is 29.3 Å². The van der Waals surface area contributed by atoms with Gasteiger partial charge in [0.1, 0.15) is 5.75 Å². The largest absolute Gasteiger partial charge is 0.495 e. The van der Waals surface area contributed by atoms with Gasteiger partial charge in [0.25, 0.3) is 0 Å². The maximum atomic E-state index is 12.6. The van der Waals surface area contributed by atoms with Gasteiger partial charge in [-0.15, -0.1) is 0 Å². The summed E-state index contributed by atoms with van der Waals surface area (Å²) in [5, 5.41) is 3.01. The molecule has 0 aliphatic carbocycles. The fourth-order valence-corrected chi connectivity index (χ4v) is 3.28. The van der Waals surface area contributed by atoms with Gasteiger partial charge < -0.3 is 15.0 Å². The second-order valence-electron chi connectivity index (χ2n) is 6.24. The van der Waals surface area contributed by atoms with Gasteiger partial charge in [0, 0.05) is 12.7 Å². The highest BCUT2D eigenvalue weighted by Gasteiger charge is 2.30. The lowest BCUT2D eigenvalue weighted by molar-refractivity contribution is -0.138. The fraction of sp³-hybridized carbons (Fsp3) is 0.350. The van der Waals surface area contributed by atoms with Gasteiger partial charge in [-0.1, -0.05) is 30.8 Å². The number of carbonyl (C=O) groups is 2. The summed E-state index contributed by atoms with van der Waals surface area (Å²) in [7, 11) is 1.49. The Bertz CT molecular complexity index is 860. The fourth-order valence-electron chi connectivity index (χ4n) is 2.53. The molecular weight excluding hydrogens is 419 g/mol. The highest BCUT2D eigenvalue weighted by atomic mass is 32.2. The molecule has 1 N–H and O–H groups in total. The number of halogens is 3. The van der Waals surface area contributed by atoms with Gasteiger partial charge in [-0.3, -0.25) is 9.59 Å². The lowest BCUT2D eigenvalue weighted by atomic mass is 10.3. The van der Waals surface area contributed by atoms with Gasteiger partial charge >= 0.3 is 6.18 Å². The van der Waals surface area contributed by atoms with E-state index in [1.54, 1.807) is 24.3 Å². The lowest BCUT2D eigenvalue weighted by Gasteiger charge is -2.21. The topological polar surface area (TPSA) is 71.5 Å². The summed E-state index contributed by atoms with van der Waals surface area (Å²) < 4.78 is 43.0. The van der Waals surface area contributed by atoms with Crippen molar-refractivity contribution in [2.75, 3.05) is 31.3 Å². The van der Waals surface area contributed by atoms with E-state index < -0.39 is 11.7 Å². The number of ether oxygens (including phenoxy) is 1. The molecule has 0 radical (unpaired) electrons. The van der Waals surface area contributed by atoms with Gasteiger partial charge in [-0.2, -0.15) is 13.2 Å². The third-order valence-electron chi connectivity index (χ3n) is 3.97. The number of pyridine rings is 1. The summed E-state index contributed by atoms with van der Waals surface area (Å²) in [5.74, 6) is -0.221. The van der Waals surface area contributed by atoms with Crippen molar-refractivity contribution < 1.29 is 27.5 Å². The molecule has 1 heterocycles. The van der Waals surface area contributed by atoms with E-state index in [2.05, 4.69) is 10.3 Å². The summed E-state index contributed by atoms with van der Waals surface area (Å²) >= 11 is 1.02. The van der Waals surface area contributed by atoms with Gasteiger partial charge in [-0.05, 0) is 30.7 Å². The van der Waals surface area contributed by atoms with Crippen molar-refractivity contribution in [2.24, 2.45) is 0 Å². The minimum atomic E-state index is -4.46. The average Bonchev–Trinajstić information content (AvgIpc) is 2.71. The third-order valence-corrected chi connectivity index (χ3v) is 4.90. The Hall–Kier alpha value is -2.75. The van der Waals surface area contributed by atoms with Gasteiger partial charge in [0.15, 0.2) is 0 Å². The van der Waals surface area contributed by atoms with E-state index in [1.807, 2.05) is 6.92 Å². The predicted octanol–water partition coefficient (Wildman–Crippen LogP) is 4.08. The number of amides is 2. The Labute approximate surface area is 176 Å². The van der Waals surface area contributed by atoms with Crippen LogP contribution in [0.4, 0.5) is 18.9 Å². The predicted molar refractivity (Wildman–Crippen MR) is 108 cm³/mol. The summed E-state index contributed by atoms with van der Waals surface area (Å²) in [6, 6.07) is 9.06. The van der Waals surface area contributed by atoms with E-state index in [1.165, 1.54) is 18.1 Å². The van der Waals surface area contributed by atoms with Crippen LogP contribution in [0.25, 0.3) is 0 Å². The summed E-state index contributed by atoms with van der Waals surface area (Å²) in [6.45, 7) is 2.11. The minimum absolute atomic E-state index is 0.0414. The van der Waals surface area contributed by atoms with Gasteiger partial charge in [-0.25, -0.2) is 4.98 Å². The quantitative estimate of drug-likeness (QED) is 0.594. The highest BCUT2D eigenvalue weighted by molar-refractivity contribution is 7.99. The minimum Gasteiger partial charge on any atom is -0.495 e. The standard InChI is InChI=1S/C20H22F3N3O3S/c1-3-10-26(12-17(27)25-15-6-4-5-7-16(15)29-2)19(28)13-30-18-9-8-14(11-24-18)20(21,22)23/h4-9,11H,3,10,12-13H2,1-2H3,(H,25,27). The van der Waals surface area contributed by atoms with Crippen molar-refractivity contribution in [1.82, 2.24) is 9.88 Å². The zero-order valence-electron chi connectivity index (χ0n) is 16.5. The zero-order chi connectivity index (χ0) is 22.1. The summed E-state index contributed by atoms with van der Waals surface area (Å²) in [4.78, 5) is 30.1. The monoisotopic (exact) mass is 441 g/mol. The van der Waals surface area contributed by atoms with Crippen LogP contribution in [0.2, 0.25) is 0 Å². The Morgan fingerprint density at radius 2 is 1.93 bits per heavy atom. The maximum absolute atomic E-state index is 12.6. The summed E-state index contributed by atoms with van der Waals surface area (Å²) in [6.07, 6.45) is -3.08. The van der Waals surface area contributed by atoms with E-state index in [-0.39, 0.29) is 24.1 Å². The molecule has 2 rings (SSSR count). The molecule has 10 heteroatoms. The molecule has 0 aliphatic heterocycles. The van der Waals surface area contributed by atoms with Gasteiger partial charge in [0.05, 0.1) is 35.7 Å². The van der Waals surface area contributed by atoms with Crippen molar-refractivity contribution in [3.05, 3.63) is 48.2 Å². The number of methoxy groups -OCH3 is 1. The molecule has 0 unspecified atom stereocenters. The number of thioether (sulfide) groups is 1. The maximum Gasteiger partial charge on any atom is 0.417 e. The molecule has 2 aromatic rings.